The summed E-state index contributed by atoms with van der Waals surface area (Å²) >= 11 is 7.62. The van der Waals surface area contributed by atoms with Crippen LogP contribution in [0.25, 0.3) is 0 Å². The fraction of sp³-hybridized carbons (Fsp3) is 0.350. The van der Waals surface area contributed by atoms with Crippen molar-refractivity contribution in [1.82, 2.24) is 4.90 Å². The summed E-state index contributed by atoms with van der Waals surface area (Å²) in [6.45, 7) is 1.72. The summed E-state index contributed by atoms with van der Waals surface area (Å²) < 4.78 is 11.1. The number of amides is 1. The van der Waals surface area contributed by atoms with Crippen molar-refractivity contribution >= 4 is 29.3 Å². The molecular weight excluding hydrogens is 370 g/mol. The van der Waals surface area contributed by atoms with Crippen LogP contribution in [0.4, 0.5) is 0 Å². The van der Waals surface area contributed by atoms with Gasteiger partial charge >= 0.3 is 0 Å². The highest BCUT2D eigenvalue weighted by Gasteiger charge is 2.14. The summed E-state index contributed by atoms with van der Waals surface area (Å²) in [4.78, 5) is 15.3. The van der Waals surface area contributed by atoms with Crippen LogP contribution in [0, 0.1) is 0 Å². The second-order valence-corrected chi connectivity index (χ2v) is 7.74. The minimum Gasteiger partial charge on any atom is -0.486 e. The van der Waals surface area contributed by atoms with Crippen molar-refractivity contribution in [3.8, 4) is 11.5 Å². The molecule has 1 aliphatic heterocycles. The van der Waals surface area contributed by atoms with E-state index >= 15 is 0 Å². The van der Waals surface area contributed by atoms with Gasteiger partial charge in [0.05, 0.1) is 0 Å². The topological polar surface area (TPSA) is 38.8 Å². The molecule has 4 nitrogen and oxygen atoms in total. The van der Waals surface area contributed by atoms with Gasteiger partial charge in [-0.2, -0.15) is 0 Å². The van der Waals surface area contributed by atoms with Gasteiger partial charge in [-0.1, -0.05) is 17.7 Å². The number of nitrogens with zero attached hydrogens (tertiary/aromatic N) is 1. The molecule has 2 aromatic rings. The van der Waals surface area contributed by atoms with Crippen molar-refractivity contribution in [2.75, 3.05) is 26.0 Å². The maximum absolute atomic E-state index is 12.3. The van der Waals surface area contributed by atoms with Gasteiger partial charge in [0.1, 0.15) is 13.2 Å². The number of hydrogen-bond acceptors (Lipinski definition) is 4. The number of benzene rings is 2. The SMILES string of the molecule is CN(Cc1ccc2c(c1)OCCO2)C(=O)CCCSc1ccc(Cl)cc1. The Morgan fingerprint density at radius 2 is 1.85 bits per heavy atom. The van der Waals surface area contributed by atoms with Crippen LogP contribution in [0.15, 0.2) is 47.4 Å². The van der Waals surface area contributed by atoms with E-state index in [1.54, 1.807) is 16.7 Å². The van der Waals surface area contributed by atoms with Crippen LogP contribution in [-0.4, -0.2) is 36.8 Å². The molecule has 2 aromatic carbocycles. The minimum atomic E-state index is 0.150. The smallest absolute Gasteiger partial charge is 0.222 e. The third-order valence-corrected chi connectivity index (χ3v) is 5.42. The zero-order valence-electron chi connectivity index (χ0n) is 14.7. The normalized spacial score (nSPS) is 12.7. The average molecular weight is 392 g/mol. The second kappa shape index (κ2) is 9.19. The van der Waals surface area contributed by atoms with E-state index in [0.29, 0.717) is 26.2 Å². The molecule has 0 saturated carbocycles. The Bertz CT molecular complexity index is 751. The Balaban J connectivity index is 1.42. The lowest BCUT2D eigenvalue weighted by Gasteiger charge is -2.21. The third-order valence-electron chi connectivity index (χ3n) is 4.07. The summed E-state index contributed by atoms with van der Waals surface area (Å²) in [5.41, 5.74) is 1.04. The van der Waals surface area contributed by atoms with Crippen LogP contribution in [0.2, 0.25) is 5.02 Å². The molecule has 1 heterocycles. The Morgan fingerprint density at radius 1 is 1.12 bits per heavy atom. The predicted octanol–water partition coefficient (Wildman–Crippen LogP) is 4.64. The van der Waals surface area contributed by atoms with Gasteiger partial charge in [-0.3, -0.25) is 4.79 Å². The lowest BCUT2D eigenvalue weighted by atomic mass is 10.1. The lowest BCUT2D eigenvalue weighted by molar-refractivity contribution is -0.130. The average Bonchev–Trinajstić information content (AvgIpc) is 2.66. The molecule has 1 aliphatic rings. The van der Waals surface area contributed by atoms with Gasteiger partial charge in [0, 0.05) is 29.9 Å². The van der Waals surface area contributed by atoms with Crippen LogP contribution in [0.1, 0.15) is 18.4 Å². The monoisotopic (exact) mass is 391 g/mol. The Kier molecular flexibility index (Phi) is 6.69. The number of rotatable bonds is 7. The summed E-state index contributed by atoms with van der Waals surface area (Å²) in [5, 5.41) is 0.741. The largest absolute Gasteiger partial charge is 0.486 e. The van der Waals surface area contributed by atoms with E-state index in [9.17, 15) is 4.79 Å². The van der Waals surface area contributed by atoms with Gasteiger partial charge in [0.2, 0.25) is 5.91 Å². The predicted molar refractivity (Wildman–Crippen MR) is 105 cm³/mol. The maximum atomic E-state index is 12.3. The van der Waals surface area contributed by atoms with Gasteiger partial charge in [0.25, 0.3) is 0 Å². The Hall–Kier alpha value is -1.85. The third kappa shape index (κ3) is 5.32. The minimum absolute atomic E-state index is 0.150. The summed E-state index contributed by atoms with van der Waals surface area (Å²) in [7, 11) is 1.84. The summed E-state index contributed by atoms with van der Waals surface area (Å²) in [6, 6.07) is 13.6. The van der Waals surface area contributed by atoms with Crippen molar-refractivity contribution in [2.24, 2.45) is 0 Å². The molecule has 0 radical (unpaired) electrons. The Labute approximate surface area is 163 Å². The molecule has 26 heavy (non-hydrogen) atoms. The molecule has 0 saturated heterocycles. The summed E-state index contributed by atoms with van der Waals surface area (Å²) in [5.74, 6) is 2.59. The van der Waals surface area contributed by atoms with Crippen LogP contribution >= 0.6 is 23.4 Å². The van der Waals surface area contributed by atoms with Crippen molar-refractivity contribution in [1.29, 1.82) is 0 Å². The quantitative estimate of drug-likeness (QED) is 0.509. The molecule has 0 bridgehead atoms. The highest BCUT2D eigenvalue weighted by atomic mass is 35.5. The number of halogens is 1. The maximum Gasteiger partial charge on any atom is 0.222 e. The molecule has 0 unspecified atom stereocenters. The number of thioether (sulfide) groups is 1. The lowest BCUT2D eigenvalue weighted by Crippen LogP contribution is -2.26. The first-order chi connectivity index (χ1) is 12.6. The first-order valence-corrected chi connectivity index (χ1v) is 9.99. The van der Waals surface area contributed by atoms with Gasteiger partial charge in [-0.15, -0.1) is 11.8 Å². The van der Waals surface area contributed by atoms with Gasteiger partial charge in [0.15, 0.2) is 11.5 Å². The van der Waals surface area contributed by atoms with E-state index in [0.717, 1.165) is 34.3 Å². The molecule has 6 heteroatoms. The van der Waals surface area contributed by atoms with Crippen LogP contribution < -0.4 is 9.47 Å². The van der Waals surface area contributed by atoms with E-state index in [4.69, 9.17) is 21.1 Å². The van der Waals surface area contributed by atoms with E-state index in [1.807, 2.05) is 49.5 Å². The van der Waals surface area contributed by atoms with Crippen molar-refractivity contribution in [2.45, 2.75) is 24.3 Å². The van der Waals surface area contributed by atoms with Gasteiger partial charge in [-0.25, -0.2) is 0 Å². The number of carbonyl (C=O) groups is 1. The molecule has 138 valence electrons. The van der Waals surface area contributed by atoms with E-state index in [-0.39, 0.29) is 5.91 Å². The molecular formula is C20H22ClNO3S. The number of carbonyl (C=O) groups excluding carboxylic acids is 1. The summed E-state index contributed by atoms with van der Waals surface area (Å²) in [6.07, 6.45) is 1.39. The van der Waals surface area contributed by atoms with E-state index < -0.39 is 0 Å². The molecule has 0 fully saturated rings. The highest BCUT2D eigenvalue weighted by Crippen LogP contribution is 2.31. The number of hydrogen-bond donors (Lipinski definition) is 0. The highest BCUT2D eigenvalue weighted by molar-refractivity contribution is 7.99. The first-order valence-electron chi connectivity index (χ1n) is 8.63. The zero-order chi connectivity index (χ0) is 18.4. The standard InChI is InChI=1S/C20H22ClNO3S/c1-22(14-15-4-9-18-19(13-15)25-11-10-24-18)20(23)3-2-12-26-17-7-5-16(21)6-8-17/h4-9,13H,2-3,10-12,14H2,1H3. The van der Waals surface area contributed by atoms with Crippen LogP contribution in [0.5, 0.6) is 11.5 Å². The van der Waals surface area contributed by atoms with Gasteiger partial charge in [-0.05, 0) is 54.1 Å². The molecule has 0 aromatic heterocycles. The van der Waals surface area contributed by atoms with E-state index in [2.05, 4.69) is 0 Å². The van der Waals surface area contributed by atoms with Crippen molar-refractivity contribution in [3.05, 3.63) is 53.1 Å². The number of ether oxygens (including phenoxy) is 2. The van der Waals surface area contributed by atoms with Crippen molar-refractivity contribution in [3.63, 3.8) is 0 Å². The number of fused-ring (bicyclic) bond motifs is 1. The fourth-order valence-electron chi connectivity index (χ4n) is 2.68. The zero-order valence-corrected chi connectivity index (χ0v) is 16.3. The van der Waals surface area contributed by atoms with Crippen molar-refractivity contribution < 1.29 is 14.3 Å². The van der Waals surface area contributed by atoms with Gasteiger partial charge < -0.3 is 14.4 Å². The molecule has 0 aliphatic carbocycles. The van der Waals surface area contributed by atoms with Crippen LogP contribution in [0.3, 0.4) is 0 Å². The Morgan fingerprint density at radius 3 is 2.62 bits per heavy atom. The van der Waals surface area contributed by atoms with E-state index in [1.165, 1.54) is 4.90 Å². The van der Waals surface area contributed by atoms with Crippen LogP contribution in [-0.2, 0) is 11.3 Å². The molecule has 1 amide bonds. The molecule has 3 rings (SSSR count). The fourth-order valence-corrected chi connectivity index (χ4v) is 3.66. The second-order valence-electron chi connectivity index (χ2n) is 6.13. The molecule has 0 N–H and O–H groups in total. The molecule has 0 spiro atoms. The first kappa shape index (κ1) is 18.9. The molecule has 0 atom stereocenters.